The number of aliphatic hydroxyl groups is 5. The molecule has 7 fully saturated rings. The molecule has 3 saturated heterocycles. The highest BCUT2D eigenvalue weighted by Crippen LogP contribution is 2.70. The predicted molar refractivity (Wildman–Crippen MR) is 198 cm³/mol. The summed E-state index contributed by atoms with van der Waals surface area (Å²) in [6, 6.07) is 0. The molecule has 0 radical (unpaired) electrons. The van der Waals surface area contributed by atoms with Crippen LogP contribution in [0, 0.1) is 44.6 Å². The van der Waals surface area contributed by atoms with Crippen LogP contribution in [-0.2, 0) is 42.8 Å². The highest BCUT2D eigenvalue weighted by molar-refractivity contribution is 5.85. The number of esters is 1. The van der Waals surface area contributed by atoms with E-state index in [1.807, 2.05) is 0 Å². The number of carbonyl (C=O) groups is 1. The van der Waals surface area contributed by atoms with Gasteiger partial charge in [0.15, 0.2) is 18.9 Å². The summed E-state index contributed by atoms with van der Waals surface area (Å²) in [4.78, 5) is 28.5. The van der Waals surface area contributed by atoms with Crippen LogP contribution in [0.5, 0.6) is 0 Å². The molecule has 0 bridgehead atoms. The Kier molecular flexibility index (Phi) is 11.8. The number of fused-ring (bicyclic) bond motifs is 5. The van der Waals surface area contributed by atoms with Crippen LogP contribution < -0.4 is 0 Å². The molecule has 17 heteroatoms. The number of rotatable bonds is 9. The van der Waals surface area contributed by atoms with Crippen molar-refractivity contribution in [2.45, 2.75) is 197 Å². The number of hydrogen-bond acceptors (Lipinski definition) is 16. The number of nitrogens with zero attached hydrogens (tertiary/aromatic N) is 1. The molecular weight excluding hydrogens is 762 g/mol. The summed E-state index contributed by atoms with van der Waals surface area (Å²) in [5.74, 6) is 0.0426. The molecule has 5 N–H and O–H groups in total. The standard InChI is InChI=1S/C41H63NO16/c1-19-36(47)27(43)14-33(52-19)57-38-21(3)54-34(16-30(38)58-42(49)50)56-37-20(2)53-32(15-28(37)44)55-24-8-10-39(4)23(13-24)6-7-26-25(39)9-11-40(5)35(22-12-31(46)51-18-22)29(45)17-41(26,40)48/h12,19-21,23-30,32-38,43-45,47-48H,6-11,13-18H2,1-5H3/t19-,20-,21-,23-,24+,25+,26-,27+,28+,29+,30+,32+,33+,34+,35+,36-,37-,38-,39+,40-,41+/m1/s1. The van der Waals surface area contributed by atoms with Crippen LogP contribution in [0.4, 0.5) is 0 Å². The molecule has 4 heterocycles. The van der Waals surface area contributed by atoms with Crippen LogP contribution in [-0.4, -0.2) is 135 Å². The van der Waals surface area contributed by atoms with Crippen molar-refractivity contribution in [2.24, 2.45) is 34.5 Å². The van der Waals surface area contributed by atoms with Crippen molar-refractivity contribution in [2.75, 3.05) is 6.61 Å². The third-order valence-corrected chi connectivity index (χ3v) is 16.0. The number of hydrogen-bond donors (Lipinski definition) is 5. The molecule has 4 saturated carbocycles. The van der Waals surface area contributed by atoms with Gasteiger partial charge in [0.1, 0.15) is 31.0 Å². The monoisotopic (exact) mass is 825 g/mol. The smallest absolute Gasteiger partial charge is 0.331 e. The third kappa shape index (κ3) is 7.51. The van der Waals surface area contributed by atoms with E-state index in [0.29, 0.717) is 18.3 Å². The largest absolute Gasteiger partial charge is 0.458 e. The first-order chi connectivity index (χ1) is 27.4. The van der Waals surface area contributed by atoms with Gasteiger partial charge in [-0.3, -0.25) is 0 Å². The Balaban J connectivity index is 0.851. The van der Waals surface area contributed by atoms with Crippen LogP contribution in [0.1, 0.15) is 105 Å². The maximum Gasteiger partial charge on any atom is 0.331 e. The molecule has 8 rings (SSSR count). The first-order valence-corrected chi connectivity index (χ1v) is 21.5. The summed E-state index contributed by atoms with van der Waals surface area (Å²) < 4.78 is 42.1. The lowest BCUT2D eigenvalue weighted by molar-refractivity contribution is -0.773. The van der Waals surface area contributed by atoms with E-state index in [4.69, 9.17) is 38.0 Å². The first kappa shape index (κ1) is 42.7. The lowest BCUT2D eigenvalue weighted by Crippen LogP contribution is -2.62. The Hall–Kier alpha value is -2.03. The molecule has 0 unspecified atom stereocenters. The second-order valence-corrected chi connectivity index (χ2v) is 19.2. The van der Waals surface area contributed by atoms with Crippen LogP contribution in [0.2, 0.25) is 0 Å². The van der Waals surface area contributed by atoms with E-state index < -0.39 is 96.0 Å². The van der Waals surface area contributed by atoms with Crippen molar-refractivity contribution in [3.8, 4) is 0 Å². The number of carbonyl (C=O) groups excluding carboxylic acids is 1. The number of cyclic esters (lactones) is 1. The van der Waals surface area contributed by atoms with Crippen molar-refractivity contribution < 1.29 is 73.4 Å². The van der Waals surface area contributed by atoms with Gasteiger partial charge in [0.25, 0.3) is 5.09 Å². The lowest BCUT2D eigenvalue weighted by atomic mass is 9.43. The minimum Gasteiger partial charge on any atom is -0.458 e. The minimum atomic E-state index is -1.11. The SMILES string of the molecule is C[C@H]1O[C@@H](O[C@H]2[C@@H](O[N+](=O)[O-])C[C@H](O[C@H]3[C@@H](O)C[C@H](O[C@H]4CC[C@@]5(C)[C@H](CC[C@@H]6[C@@H]5CC[C@]5(C)[C@@H](C7=CC(=O)OC7)[C@@H](O)C[C@]65O)C4)O[C@@H]3C)O[C@@H]2C)C[C@H](O)[C@@H]1O. The zero-order chi connectivity index (χ0) is 41.5. The van der Waals surface area contributed by atoms with Gasteiger partial charge < -0.3 is 63.5 Å². The second-order valence-electron chi connectivity index (χ2n) is 19.2. The van der Waals surface area contributed by atoms with Crippen LogP contribution in [0.15, 0.2) is 11.6 Å². The molecule has 0 aromatic carbocycles. The van der Waals surface area contributed by atoms with Gasteiger partial charge in [-0.2, -0.15) is 0 Å². The summed E-state index contributed by atoms with van der Waals surface area (Å²) in [6.45, 7) is 9.70. The van der Waals surface area contributed by atoms with Crippen LogP contribution in [0.3, 0.4) is 0 Å². The Morgan fingerprint density at radius 3 is 2.10 bits per heavy atom. The molecule has 0 aromatic heterocycles. The number of ether oxygens (including phenoxy) is 7. The van der Waals surface area contributed by atoms with E-state index in [1.54, 1.807) is 20.8 Å². The van der Waals surface area contributed by atoms with Crippen molar-refractivity contribution >= 4 is 5.97 Å². The molecule has 328 valence electrons. The molecule has 0 amide bonds. The van der Waals surface area contributed by atoms with Gasteiger partial charge in [-0.05, 0) is 94.5 Å². The summed E-state index contributed by atoms with van der Waals surface area (Å²) in [5, 5.41) is 66.1. The molecule has 8 aliphatic rings. The molecule has 0 spiro atoms. The summed E-state index contributed by atoms with van der Waals surface area (Å²) in [5.41, 5.74) is -0.787. The lowest BCUT2D eigenvalue weighted by Gasteiger charge is -2.63. The molecule has 58 heavy (non-hydrogen) atoms. The second kappa shape index (κ2) is 16.0. The van der Waals surface area contributed by atoms with E-state index in [0.717, 1.165) is 50.5 Å². The van der Waals surface area contributed by atoms with Crippen molar-refractivity contribution in [3.05, 3.63) is 21.8 Å². The Morgan fingerprint density at radius 1 is 0.776 bits per heavy atom. The van der Waals surface area contributed by atoms with Gasteiger partial charge in [-0.25, -0.2) is 4.79 Å². The first-order valence-electron chi connectivity index (χ1n) is 21.5. The average Bonchev–Trinajstić information content (AvgIpc) is 3.65. The van der Waals surface area contributed by atoms with Gasteiger partial charge >= 0.3 is 5.97 Å². The predicted octanol–water partition coefficient (Wildman–Crippen LogP) is 2.43. The Bertz CT molecular complexity index is 1540. The van der Waals surface area contributed by atoms with E-state index in [1.165, 1.54) is 6.08 Å². The van der Waals surface area contributed by atoms with Crippen LogP contribution in [0.25, 0.3) is 0 Å². The van der Waals surface area contributed by atoms with Gasteiger partial charge in [0, 0.05) is 43.1 Å². The Labute approximate surface area is 338 Å². The highest BCUT2D eigenvalue weighted by Gasteiger charge is 2.70. The fourth-order valence-electron chi connectivity index (χ4n) is 13.1. The zero-order valence-corrected chi connectivity index (χ0v) is 34.1. The molecule has 4 aliphatic heterocycles. The summed E-state index contributed by atoms with van der Waals surface area (Å²) in [7, 11) is 0. The molecule has 4 aliphatic carbocycles. The molecule has 21 atom stereocenters. The fourth-order valence-corrected chi connectivity index (χ4v) is 13.1. The minimum absolute atomic E-state index is 0.00267. The fraction of sp³-hybridized carbons (Fsp3) is 0.927. The average molecular weight is 826 g/mol. The highest BCUT2D eigenvalue weighted by atomic mass is 17.0. The van der Waals surface area contributed by atoms with Crippen LogP contribution >= 0.6 is 0 Å². The molecule has 17 nitrogen and oxygen atoms in total. The van der Waals surface area contributed by atoms with Gasteiger partial charge in [-0.1, -0.05) is 13.8 Å². The summed E-state index contributed by atoms with van der Waals surface area (Å²) >= 11 is 0. The van der Waals surface area contributed by atoms with Crippen molar-refractivity contribution in [1.29, 1.82) is 0 Å². The Morgan fingerprint density at radius 2 is 1.43 bits per heavy atom. The van der Waals surface area contributed by atoms with E-state index in [2.05, 4.69) is 13.8 Å². The zero-order valence-electron chi connectivity index (χ0n) is 34.1. The number of aliphatic hydroxyl groups excluding tert-OH is 4. The molecule has 0 aromatic rings. The topological polar surface area (TPSA) is 235 Å². The van der Waals surface area contributed by atoms with Crippen molar-refractivity contribution in [1.82, 2.24) is 0 Å². The third-order valence-electron chi connectivity index (χ3n) is 16.0. The maximum atomic E-state index is 12.6. The normalized spacial score (nSPS) is 53.1. The molecular formula is C41H63NO16. The van der Waals surface area contributed by atoms with Gasteiger partial charge in [0.2, 0.25) is 0 Å². The van der Waals surface area contributed by atoms with E-state index in [9.17, 15) is 40.4 Å². The van der Waals surface area contributed by atoms with E-state index >= 15 is 0 Å². The summed E-state index contributed by atoms with van der Waals surface area (Å²) in [6.07, 6.45) is -3.54. The maximum absolute atomic E-state index is 12.6. The van der Waals surface area contributed by atoms with Gasteiger partial charge in [0.05, 0.1) is 48.3 Å². The quantitative estimate of drug-likeness (QED) is 0.0972. The van der Waals surface area contributed by atoms with Gasteiger partial charge in [-0.15, -0.1) is 10.1 Å². The van der Waals surface area contributed by atoms with E-state index in [-0.39, 0.29) is 55.2 Å². The van der Waals surface area contributed by atoms with Crippen molar-refractivity contribution in [3.63, 3.8) is 0 Å².